The maximum absolute atomic E-state index is 9.22. The van der Waals surface area contributed by atoms with Crippen LogP contribution in [0.2, 0.25) is 0 Å². The first-order valence-electron chi connectivity index (χ1n) is 6.99. The summed E-state index contributed by atoms with van der Waals surface area (Å²) in [6, 6.07) is 18.8. The van der Waals surface area contributed by atoms with Crippen LogP contribution < -0.4 is 9.47 Å². The molecule has 0 aliphatic heterocycles. The van der Waals surface area contributed by atoms with Gasteiger partial charge in [0.2, 0.25) is 0 Å². The summed E-state index contributed by atoms with van der Waals surface area (Å²) in [5.41, 5.74) is 1.63. The molecule has 0 atom stereocenters. The molecule has 0 radical (unpaired) electrons. The second kappa shape index (κ2) is 6.62. The molecule has 23 heavy (non-hydrogen) atoms. The van der Waals surface area contributed by atoms with E-state index in [1.165, 1.54) is 0 Å². The second-order valence-electron chi connectivity index (χ2n) is 4.71. The van der Waals surface area contributed by atoms with E-state index >= 15 is 0 Å². The van der Waals surface area contributed by atoms with Gasteiger partial charge in [-0.25, -0.2) is 4.68 Å². The molecule has 3 rings (SSSR count). The summed E-state index contributed by atoms with van der Waals surface area (Å²) >= 11 is 0. The molecule has 0 bridgehead atoms. The number of para-hydroxylation sites is 1. The second-order valence-corrected chi connectivity index (χ2v) is 4.71. The Morgan fingerprint density at radius 3 is 2.43 bits per heavy atom. The van der Waals surface area contributed by atoms with E-state index in [0.29, 0.717) is 5.69 Å². The molecule has 0 spiro atoms. The normalized spacial score (nSPS) is 10.1. The summed E-state index contributed by atoms with van der Waals surface area (Å²) in [5, 5.41) is 17.2. The van der Waals surface area contributed by atoms with Crippen molar-refractivity contribution in [1.82, 2.24) is 15.0 Å². The third-order valence-corrected chi connectivity index (χ3v) is 3.30. The number of benzene rings is 2. The van der Waals surface area contributed by atoms with Crippen molar-refractivity contribution in [2.75, 3.05) is 7.11 Å². The predicted octanol–water partition coefficient (Wildman–Crippen LogP) is 2.73. The highest BCUT2D eigenvalue weighted by molar-refractivity contribution is 5.40. The lowest BCUT2D eigenvalue weighted by Crippen LogP contribution is -2.07. The first-order valence-corrected chi connectivity index (χ1v) is 6.99. The fraction of sp³-hybridized carbons (Fsp3) is 0.118. The third-order valence-electron chi connectivity index (χ3n) is 3.30. The van der Waals surface area contributed by atoms with Crippen molar-refractivity contribution in [1.29, 1.82) is 5.26 Å². The highest BCUT2D eigenvalue weighted by atomic mass is 16.5. The molecular weight excluding hydrogens is 292 g/mol. The number of ether oxygens (including phenoxy) is 2. The molecule has 0 unspecified atom stereocenters. The van der Waals surface area contributed by atoms with E-state index < -0.39 is 0 Å². The highest BCUT2D eigenvalue weighted by Gasteiger charge is 2.15. The van der Waals surface area contributed by atoms with Crippen molar-refractivity contribution < 1.29 is 9.47 Å². The molecule has 0 N–H and O–H groups in total. The number of rotatable bonds is 5. The molecule has 3 aromatic rings. The maximum Gasteiger partial charge on any atom is 0.189 e. The molecule has 0 aliphatic carbocycles. The van der Waals surface area contributed by atoms with Gasteiger partial charge in [-0.15, -0.1) is 5.10 Å². The molecule has 2 aromatic carbocycles. The van der Waals surface area contributed by atoms with Gasteiger partial charge in [0, 0.05) is 0 Å². The quantitative estimate of drug-likeness (QED) is 0.724. The lowest BCUT2D eigenvalue weighted by atomic mass is 10.2. The van der Waals surface area contributed by atoms with Crippen LogP contribution in [-0.4, -0.2) is 22.1 Å². The Bertz CT molecular complexity index is 820. The fourth-order valence-electron chi connectivity index (χ4n) is 2.12. The van der Waals surface area contributed by atoms with Crippen LogP contribution in [0.25, 0.3) is 5.69 Å². The van der Waals surface area contributed by atoms with E-state index in [0.717, 1.165) is 17.2 Å². The zero-order valence-corrected chi connectivity index (χ0v) is 12.5. The van der Waals surface area contributed by atoms with Crippen LogP contribution in [0, 0.1) is 11.3 Å². The van der Waals surface area contributed by atoms with Crippen molar-refractivity contribution in [3.63, 3.8) is 0 Å². The van der Waals surface area contributed by atoms with Crippen molar-refractivity contribution in [3.8, 4) is 23.3 Å². The molecule has 6 nitrogen and oxygen atoms in total. The largest absolute Gasteiger partial charge is 0.497 e. The standard InChI is InChI=1S/C17H14N4O2/c1-22-14-9-7-13(8-10-14)21-17(16(11-18)19-20-21)12-23-15-5-3-2-4-6-15/h2-10H,12H2,1H3. The van der Waals surface area contributed by atoms with Crippen molar-refractivity contribution in [2.45, 2.75) is 6.61 Å². The average Bonchev–Trinajstić information content (AvgIpc) is 3.04. The van der Waals surface area contributed by atoms with Crippen LogP contribution in [0.15, 0.2) is 54.6 Å². The lowest BCUT2D eigenvalue weighted by Gasteiger charge is -2.09. The summed E-state index contributed by atoms with van der Waals surface area (Å²) in [6.45, 7) is 0.200. The summed E-state index contributed by atoms with van der Waals surface area (Å²) in [6.07, 6.45) is 0. The van der Waals surface area contributed by atoms with Gasteiger partial charge < -0.3 is 9.47 Å². The molecule has 0 amide bonds. The van der Waals surface area contributed by atoms with Gasteiger partial charge in [-0.1, -0.05) is 23.4 Å². The number of hydrogen-bond acceptors (Lipinski definition) is 5. The van der Waals surface area contributed by atoms with Crippen LogP contribution >= 0.6 is 0 Å². The van der Waals surface area contributed by atoms with E-state index in [1.807, 2.05) is 60.7 Å². The summed E-state index contributed by atoms with van der Waals surface area (Å²) in [5.74, 6) is 1.47. The highest BCUT2D eigenvalue weighted by Crippen LogP contribution is 2.19. The van der Waals surface area contributed by atoms with E-state index in [9.17, 15) is 5.26 Å². The number of aromatic nitrogens is 3. The zero-order valence-electron chi connectivity index (χ0n) is 12.5. The molecule has 1 aromatic heterocycles. The van der Waals surface area contributed by atoms with Crippen LogP contribution in [0.1, 0.15) is 11.4 Å². The summed E-state index contributed by atoms with van der Waals surface area (Å²) in [7, 11) is 1.61. The van der Waals surface area contributed by atoms with Crippen LogP contribution in [-0.2, 0) is 6.61 Å². The van der Waals surface area contributed by atoms with Gasteiger partial charge in [-0.3, -0.25) is 0 Å². The maximum atomic E-state index is 9.22. The minimum atomic E-state index is 0.200. The minimum Gasteiger partial charge on any atom is -0.497 e. The predicted molar refractivity (Wildman–Crippen MR) is 83.4 cm³/mol. The molecule has 1 heterocycles. The Balaban J connectivity index is 1.89. The number of nitriles is 1. The Hall–Kier alpha value is -3.33. The molecule has 114 valence electrons. The molecule has 6 heteroatoms. The van der Waals surface area contributed by atoms with Gasteiger partial charge in [-0.05, 0) is 36.4 Å². The smallest absolute Gasteiger partial charge is 0.189 e. The zero-order chi connectivity index (χ0) is 16.1. The Labute approximate surface area is 133 Å². The molecule has 0 aliphatic rings. The van der Waals surface area contributed by atoms with Crippen molar-refractivity contribution in [3.05, 3.63) is 66.0 Å². The summed E-state index contributed by atoms with van der Waals surface area (Å²) < 4.78 is 12.5. The number of nitrogens with zero attached hydrogens (tertiary/aromatic N) is 4. The van der Waals surface area contributed by atoms with Crippen molar-refractivity contribution >= 4 is 0 Å². The molecule has 0 saturated carbocycles. The van der Waals surface area contributed by atoms with E-state index in [1.54, 1.807) is 11.8 Å². The van der Waals surface area contributed by atoms with Gasteiger partial charge in [0.15, 0.2) is 5.69 Å². The van der Waals surface area contributed by atoms with Crippen LogP contribution in [0.3, 0.4) is 0 Å². The number of hydrogen-bond donors (Lipinski definition) is 0. The Kier molecular flexibility index (Phi) is 4.20. The SMILES string of the molecule is COc1ccc(-n2nnc(C#N)c2COc2ccccc2)cc1. The fourth-order valence-corrected chi connectivity index (χ4v) is 2.12. The molecule has 0 fully saturated rings. The number of methoxy groups -OCH3 is 1. The first kappa shape index (κ1) is 14.6. The van der Waals surface area contributed by atoms with Gasteiger partial charge in [0.25, 0.3) is 0 Å². The van der Waals surface area contributed by atoms with Gasteiger partial charge >= 0.3 is 0 Å². The van der Waals surface area contributed by atoms with Gasteiger partial charge in [0.05, 0.1) is 12.8 Å². The Morgan fingerprint density at radius 2 is 1.78 bits per heavy atom. The van der Waals surface area contributed by atoms with Gasteiger partial charge in [-0.2, -0.15) is 5.26 Å². The van der Waals surface area contributed by atoms with Crippen LogP contribution in [0.4, 0.5) is 0 Å². The van der Waals surface area contributed by atoms with E-state index in [2.05, 4.69) is 10.3 Å². The monoisotopic (exact) mass is 306 g/mol. The molecule has 0 saturated heterocycles. The van der Waals surface area contributed by atoms with Crippen LogP contribution in [0.5, 0.6) is 11.5 Å². The minimum absolute atomic E-state index is 0.200. The average molecular weight is 306 g/mol. The lowest BCUT2D eigenvalue weighted by molar-refractivity contribution is 0.297. The molecular formula is C17H14N4O2. The summed E-state index contributed by atoms with van der Waals surface area (Å²) in [4.78, 5) is 0. The first-order chi connectivity index (χ1) is 11.3. The van der Waals surface area contributed by atoms with E-state index in [-0.39, 0.29) is 12.3 Å². The van der Waals surface area contributed by atoms with Gasteiger partial charge in [0.1, 0.15) is 29.9 Å². The Morgan fingerprint density at radius 1 is 1.04 bits per heavy atom. The van der Waals surface area contributed by atoms with E-state index in [4.69, 9.17) is 9.47 Å². The van der Waals surface area contributed by atoms with Crippen molar-refractivity contribution in [2.24, 2.45) is 0 Å². The third kappa shape index (κ3) is 3.14. The topological polar surface area (TPSA) is 73.0 Å².